The molecule has 1 aromatic rings. The summed E-state index contributed by atoms with van der Waals surface area (Å²) in [5.74, 6) is 0. The quantitative estimate of drug-likeness (QED) is 0.512. The van der Waals surface area contributed by atoms with Gasteiger partial charge in [-0.25, -0.2) is 4.98 Å². The minimum absolute atomic E-state index is 0.0269. The second-order valence-corrected chi connectivity index (χ2v) is 4.40. The van der Waals surface area contributed by atoms with E-state index in [9.17, 15) is 20.2 Å². The summed E-state index contributed by atoms with van der Waals surface area (Å²) < 4.78 is 0. The van der Waals surface area contributed by atoms with Crippen molar-refractivity contribution < 1.29 is 19.8 Å². The third-order valence-corrected chi connectivity index (χ3v) is 3.25. The van der Waals surface area contributed by atoms with Crippen LogP contribution in [0.2, 0.25) is 0 Å². The molecule has 10 heteroatoms. The lowest BCUT2D eigenvalue weighted by molar-refractivity contribution is -0.757. The van der Waals surface area contributed by atoms with Crippen LogP contribution in [0.25, 0.3) is 0 Å². The van der Waals surface area contributed by atoms with Crippen LogP contribution in [0.15, 0.2) is 0 Å². The van der Waals surface area contributed by atoms with Crippen LogP contribution in [0.3, 0.4) is 0 Å². The number of nitrogens with zero attached hydrogens (tertiary/aromatic N) is 3. The Bertz CT molecular complexity index is 434. The zero-order chi connectivity index (χ0) is 13.5. The van der Waals surface area contributed by atoms with E-state index in [1.165, 1.54) is 11.3 Å². The number of thiazole rings is 1. The fourth-order valence-corrected chi connectivity index (χ4v) is 2.28. The second-order valence-electron chi connectivity index (χ2n) is 3.23. The Kier molecular flexibility index (Phi) is 5.24. The van der Waals surface area contributed by atoms with Crippen molar-refractivity contribution in [2.75, 3.05) is 13.2 Å². The van der Waals surface area contributed by atoms with Gasteiger partial charge < -0.3 is 9.68 Å². The molecule has 9 nitrogen and oxygen atoms in total. The molecule has 0 amide bonds. The molecule has 1 rings (SSSR count). The van der Waals surface area contributed by atoms with Gasteiger partial charge in [-0.2, -0.15) is 0 Å². The molecular formula is C8H11N3O6S. The van der Waals surface area contributed by atoms with E-state index >= 15 is 0 Å². The van der Waals surface area contributed by atoms with E-state index in [4.69, 9.17) is 0 Å². The summed E-state index contributed by atoms with van der Waals surface area (Å²) in [6, 6.07) is 0. The van der Waals surface area contributed by atoms with Gasteiger partial charge in [0.1, 0.15) is 13.2 Å². The van der Waals surface area contributed by atoms with Crippen molar-refractivity contribution in [1.29, 1.82) is 0 Å². The number of rotatable bonds is 8. The van der Waals surface area contributed by atoms with Gasteiger partial charge in [0.25, 0.3) is 10.2 Å². The lowest BCUT2D eigenvalue weighted by Gasteiger charge is -1.96. The Labute approximate surface area is 106 Å². The molecule has 0 aliphatic heterocycles. The maximum absolute atomic E-state index is 9.98. The summed E-state index contributed by atoms with van der Waals surface area (Å²) in [7, 11) is 0. The van der Waals surface area contributed by atoms with Crippen LogP contribution < -0.4 is 0 Å². The average molecular weight is 277 g/mol. The van der Waals surface area contributed by atoms with Crippen molar-refractivity contribution in [3.8, 4) is 0 Å². The zero-order valence-electron chi connectivity index (χ0n) is 9.53. The van der Waals surface area contributed by atoms with Crippen LogP contribution in [-0.4, -0.2) is 28.4 Å². The number of aromatic nitrogens is 1. The monoisotopic (exact) mass is 277 g/mol. The Morgan fingerprint density at radius 1 is 1.17 bits per heavy atom. The predicted molar refractivity (Wildman–Crippen MR) is 60.2 cm³/mol. The highest BCUT2D eigenvalue weighted by Crippen LogP contribution is 2.19. The van der Waals surface area contributed by atoms with E-state index in [1.807, 2.05) is 0 Å². The van der Waals surface area contributed by atoms with E-state index in [0.29, 0.717) is 17.8 Å². The second kappa shape index (κ2) is 6.69. The van der Waals surface area contributed by atoms with Crippen molar-refractivity contribution in [3.63, 3.8) is 0 Å². The van der Waals surface area contributed by atoms with Crippen molar-refractivity contribution in [2.24, 2.45) is 0 Å². The maximum atomic E-state index is 9.98. The lowest BCUT2D eigenvalue weighted by Crippen LogP contribution is -2.04. The summed E-state index contributed by atoms with van der Waals surface area (Å²) in [4.78, 5) is 33.4. The first-order valence-corrected chi connectivity index (χ1v) is 5.80. The molecule has 0 fully saturated rings. The maximum Gasteiger partial charge on any atom is 0.294 e. The lowest BCUT2D eigenvalue weighted by atomic mass is 10.3. The van der Waals surface area contributed by atoms with Crippen molar-refractivity contribution in [3.05, 3.63) is 35.8 Å². The van der Waals surface area contributed by atoms with Crippen LogP contribution in [-0.2, 0) is 22.5 Å². The number of hydrogen-bond donors (Lipinski definition) is 0. The predicted octanol–water partition coefficient (Wildman–Crippen LogP) is 0.953. The molecule has 0 N–H and O–H groups in total. The van der Waals surface area contributed by atoms with Gasteiger partial charge in [-0.05, 0) is 6.92 Å². The zero-order valence-corrected chi connectivity index (χ0v) is 10.3. The van der Waals surface area contributed by atoms with E-state index in [1.54, 1.807) is 6.92 Å². The fourth-order valence-electron chi connectivity index (χ4n) is 1.25. The molecule has 0 bridgehead atoms. The molecule has 1 heterocycles. The highest BCUT2D eigenvalue weighted by atomic mass is 32.1. The molecule has 0 saturated carbocycles. The normalized spacial score (nSPS) is 10.1. The summed E-state index contributed by atoms with van der Waals surface area (Å²) >= 11 is 1.35. The smallest absolute Gasteiger partial charge is 0.294 e. The largest absolute Gasteiger partial charge is 0.314 e. The van der Waals surface area contributed by atoms with Gasteiger partial charge in [0, 0.05) is 17.7 Å². The van der Waals surface area contributed by atoms with Crippen molar-refractivity contribution in [1.82, 2.24) is 4.98 Å². The third-order valence-electron chi connectivity index (χ3n) is 1.98. The van der Waals surface area contributed by atoms with Crippen LogP contribution in [0.4, 0.5) is 0 Å². The number of hydrogen-bond acceptors (Lipinski definition) is 8. The Hall–Kier alpha value is -1.97. The fraction of sp³-hybridized carbons (Fsp3) is 0.625. The van der Waals surface area contributed by atoms with Gasteiger partial charge in [-0.1, -0.05) is 0 Å². The summed E-state index contributed by atoms with van der Waals surface area (Å²) in [5, 5.41) is 18.9. The van der Waals surface area contributed by atoms with Gasteiger partial charge in [0.2, 0.25) is 0 Å². The molecule has 0 radical (unpaired) electrons. The molecule has 0 aliphatic rings. The first kappa shape index (κ1) is 14.1. The first-order chi connectivity index (χ1) is 8.49. The van der Waals surface area contributed by atoms with Gasteiger partial charge in [0.15, 0.2) is 0 Å². The third kappa shape index (κ3) is 4.91. The van der Waals surface area contributed by atoms with Crippen molar-refractivity contribution in [2.45, 2.75) is 19.8 Å². The average Bonchev–Trinajstić information content (AvgIpc) is 2.58. The van der Waals surface area contributed by atoms with Gasteiger partial charge in [-0.3, -0.25) is 0 Å². The molecule has 100 valence electrons. The van der Waals surface area contributed by atoms with Crippen LogP contribution in [0.5, 0.6) is 0 Å². The van der Waals surface area contributed by atoms with Crippen LogP contribution in [0, 0.1) is 27.2 Å². The molecule has 0 aromatic carbocycles. The Balaban J connectivity index is 2.43. The van der Waals surface area contributed by atoms with Gasteiger partial charge >= 0.3 is 0 Å². The molecule has 1 aromatic heterocycles. The Morgan fingerprint density at radius 3 is 2.28 bits per heavy atom. The topological polar surface area (TPSA) is 118 Å². The highest BCUT2D eigenvalue weighted by Gasteiger charge is 2.09. The highest BCUT2D eigenvalue weighted by molar-refractivity contribution is 7.11. The van der Waals surface area contributed by atoms with E-state index in [2.05, 4.69) is 14.7 Å². The van der Waals surface area contributed by atoms with E-state index < -0.39 is 10.2 Å². The molecular weight excluding hydrogens is 266 g/mol. The standard InChI is InChI=1S/C8H11N3O6S/c1-6-7(2-4-16-10(12)13)18-8(9-6)3-5-17-11(14)15/h2-5H2,1H3. The Morgan fingerprint density at radius 2 is 1.72 bits per heavy atom. The number of aryl methyl sites for hydroxylation is 1. The summed E-state index contributed by atoms with van der Waals surface area (Å²) in [5.41, 5.74) is 0.753. The first-order valence-electron chi connectivity index (χ1n) is 4.99. The minimum atomic E-state index is -0.855. The molecule has 0 saturated heterocycles. The van der Waals surface area contributed by atoms with E-state index in [0.717, 1.165) is 10.6 Å². The summed E-state index contributed by atoms with van der Waals surface area (Å²) in [6.07, 6.45) is 0.725. The van der Waals surface area contributed by atoms with Crippen molar-refractivity contribution >= 4 is 11.3 Å². The molecule has 0 spiro atoms. The molecule has 0 unspecified atom stereocenters. The molecule has 18 heavy (non-hydrogen) atoms. The SMILES string of the molecule is Cc1nc(CCO[N+](=O)[O-])sc1CCO[N+](=O)[O-]. The molecule has 0 aliphatic carbocycles. The van der Waals surface area contributed by atoms with Crippen LogP contribution in [0.1, 0.15) is 15.6 Å². The van der Waals surface area contributed by atoms with Gasteiger partial charge in [-0.15, -0.1) is 31.6 Å². The minimum Gasteiger partial charge on any atom is -0.314 e. The summed E-state index contributed by atoms with van der Waals surface area (Å²) in [6.45, 7) is 1.70. The van der Waals surface area contributed by atoms with E-state index in [-0.39, 0.29) is 13.2 Å². The van der Waals surface area contributed by atoms with Gasteiger partial charge in [0.05, 0.1) is 10.7 Å². The molecule has 0 atom stereocenters. The van der Waals surface area contributed by atoms with Crippen LogP contribution >= 0.6 is 11.3 Å².